The van der Waals surface area contributed by atoms with Gasteiger partial charge in [0.1, 0.15) is 5.82 Å². The van der Waals surface area contributed by atoms with Crippen LogP contribution in [0.25, 0.3) is 0 Å². The number of rotatable bonds is 2. The van der Waals surface area contributed by atoms with Crippen molar-refractivity contribution in [3.8, 4) is 0 Å². The summed E-state index contributed by atoms with van der Waals surface area (Å²) in [5.74, 6) is -0.0535. The molecule has 0 aliphatic rings. The number of benzene rings is 1. The van der Waals surface area contributed by atoms with Crippen molar-refractivity contribution < 1.29 is 9.50 Å². The van der Waals surface area contributed by atoms with E-state index in [1.54, 1.807) is 19.9 Å². The molecule has 84 valence electrons. The second kappa shape index (κ2) is 3.93. The summed E-state index contributed by atoms with van der Waals surface area (Å²) in [6.07, 6.45) is 0. The van der Waals surface area contributed by atoms with Crippen LogP contribution in [0, 0.1) is 12.7 Å². The van der Waals surface area contributed by atoms with Crippen molar-refractivity contribution in [3.63, 3.8) is 0 Å². The molecule has 0 amide bonds. The highest BCUT2D eigenvalue weighted by Gasteiger charge is 2.21. The van der Waals surface area contributed by atoms with Crippen LogP contribution < -0.4 is 0 Å². The van der Waals surface area contributed by atoms with Crippen LogP contribution in [0.3, 0.4) is 0 Å². The zero-order valence-corrected chi connectivity index (χ0v) is 10.1. The lowest BCUT2D eigenvalue weighted by Gasteiger charge is -2.22. The van der Waals surface area contributed by atoms with E-state index in [0.717, 1.165) is 11.1 Å². The van der Waals surface area contributed by atoms with Crippen molar-refractivity contribution in [2.75, 3.05) is 0 Å². The molecule has 0 saturated heterocycles. The molecular weight excluding hydrogens is 191 g/mol. The first-order valence-corrected chi connectivity index (χ1v) is 5.26. The zero-order chi connectivity index (χ0) is 11.8. The summed E-state index contributed by atoms with van der Waals surface area (Å²) in [4.78, 5) is 0. The summed E-state index contributed by atoms with van der Waals surface area (Å²) in [6.45, 7) is 9.15. The Bertz CT molecular complexity index is 362. The van der Waals surface area contributed by atoms with Gasteiger partial charge in [-0.2, -0.15) is 0 Å². The first-order chi connectivity index (χ1) is 6.73. The molecule has 0 spiro atoms. The molecule has 1 aromatic rings. The van der Waals surface area contributed by atoms with Gasteiger partial charge in [0.15, 0.2) is 0 Å². The fourth-order valence-electron chi connectivity index (χ4n) is 1.79. The highest BCUT2D eigenvalue weighted by molar-refractivity contribution is 5.37. The highest BCUT2D eigenvalue weighted by atomic mass is 19.1. The molecule has 0 aliphatic heterocycles. The third kappa shape index (κ3) is 2.57. The lowest BCUT2D eigenvalue weighted by molar-refractivity contribution is 0.0777. The second-order valence-electron chi connectivity index (χ2n) is 4.90. The van der Waals surface area contributed by atoms with E-state index in [9.17, 15) is 9.50 Å². The van der Waals surface area contributed by atoms with Crippen LogP contribution >= 0.6 is 0 Å². The summed E-state index contributed by atoms with van der Waals surface area (Å²) < 4.78 is 13.6. The average molecular weight is 210 g/mol. The summed E-state index contributed by atoms with van der Waals surface area (Å²) >= 11 is 0. The maximum absolute atomic E-state index is 13.6. The van der Waals surface area contributed by atoms with Crippen LogP contribution in [0.15, 0.2) is 12.1 Å². The van der Waals surface area contributed by atoms with Crippen LogP contribution in [0.5, 0.6) is 0 Å². The molecule has 1 aromatic carbocycles. The minimum Gasteiger partial charge on any atom is -0.386 e. The van der Waals surface area contributed by atoms with Gasteiger partial charge in [-0.3, -0.25) is 0 Å². The minimum absolute atomic E-state index is 0.131. The van der Waals surface area contributed by atoms with Crippen molar-refractivity contribution >= 4 is 0 Å². The molecule has 0 saturated carbocycles. The molecule has 0 heterocycles. The van der Waals surface area contributed by atoms with Crippen LogP contribution in [-0.4, -0.2) is 5.11 Å². The van der Waals surface area contributed by atoms with E-state index in [4.69, 9.17) is 0 Å². The van der Waals surface area contributed by atoms with Gasteiger partial charge in [0.05, 0.1) is 5.60 Å². The van der Waals surface area contributed by atoms with Crippen LogP contribution in [-0.2, 0) is 5.60 Å². The monoisotopic (exact) mass is 210 g/mol. The van der Waals surface area contributed by atoms with Crippen molar-refractivity contribution in [1.82, 2.24) is 0 Å². The van der Waals surface area contributed by atoms with E-state index in [2.05, 4.69) is 0 Å². The molecule has 0 unspecified atom stereocenters. The largest absolute Gasteiger partial charge is 0.386 e. The predicted octanol–water partition coefficient (Wildman–Crippen LogP) is 3.48. The fourth-order valence-corrected chi connectivity index (χ4v) is 1.79. The van der Waals surface area contributed by atoms with Crippen LogP contribution in [0.4, 0.5) is 4.39 Å². The maximum atomic E-state index is 13.6. The van der Waals surface area contributed by atoms with Crippen LogP contribution in [0.1, 0.15) is 50.3 Å². The summed E-state index contributed by atoms with van der Waals surface area (Å²) in [5.41, 5.74) is 1.34. The number of hydrogen-bond donors (Lipinski definition) is 1. The zero-order valence-electron chi connectivity index (χ0n) is 10.1. The summed E-state index contributed by atoms with van der Waals surface area (Å²) in [6, 6.07) is 3.28. The van der Waals surface area contributed by atoms with Gasteiger partial charge in [-0.1, -0.05) is 13.8 Å². The third-order valence-corrected chi connectivity index (χ3v) is 2.62. The van der Waals surface area contributed by atoms with Gasteiger partial charge in [0.25, 0.3) is 0 Å². The SMILES string of the molecule is Cc1cc(F)c(C(C)C)cc1C(C)(C)O. The first kappa shape index (κ1) is 12.2. The minimum atomic E-state index is -0.915. The van der Waals surface area contributed by atoms with Gasteiger partial charge in [0, 0.05) is 0 Å². The van der Waals surface area contributed by atoms with Gasteiger partial charge in [0.2, 0.25) is 0 Å². The summed E-state index contributed by atoms with van der Waals surface area (Å²) in [5, 5.41) is 9.94. The third-order valence-electron chi connectivity index (χ3n) is 2.62. The molecule has 15 heavy (non-hydrogen) atoms. The number of hydrogen-bond acceptors (Lipinski definition) is 1. The Hall–Kier alpha value is -0.890. The van der Waals surface area contributed by atoms with Crippen molar-refractivity contribution in [3.05, 3.63) is 34.6 Å². The number of aliphatic hydroxyl groups is 1. The van der Waals surface area contributed by atoms with E-state index in [0.29, 0.717) is 5.56 Å². The molecule has 1 N–H and O–H groups in total. The summed E-state index contributed by atoms with van der Waals surface area (Å²) in [7, 11) is 0. The standard InChI is InChI=1S/C13H19FO/c1-8(2)10-7-11(13(4,5)15)9(3)6-12(10)14/h6-8,15H,1-5H3. The molecule has 0 aliphatic carbocycles. The number of halogens is 1. The van der Waals surface area contributed by atoms with Gasteiger partial charge < -0.3 is 5.11 Å². The van der Waals surface area contributed by atoms with Gasteiger partial charge in [-0.15, -0.1) is 0 Å². The first-order valence-electron chi connectivity index (χ1n) is 5.26. The Balaban J connectivity index is 3.37. The Kier molecular flexibility index (Phi) is 3.19. The highest BCUT2D eigenvalue weighted by Crippen LogP contribution is 2.29. The lowest BCUT2D eigenvalue weighted by atomic mass is 9.89. The Morgan fingerprint density at radius 2 is 1.80 bits per heavy atom. The Morgan fingerprint density at radius 1 is 1.27 bits per heavy atom. The van der Waals surface area contributed by atoms with E-state index in [1.807, 2.05) is 20.8 Å². The molecule has 0 aromatic heterocycles. The Labute approximate surface area is 90.9 Å². The van der Waals surface area contributed by atoms with Gasteiger partial charge >= 0.3 is 0 Å². The van der Waals surface area contributed by atoms with E-state index < -0.39 is 5.60 Å². The second-order valence-corrected chi connectivity index (χ2v) is 4.90. The number of aryl methyl sites for hydroxylation is 1. The topological polar surface area (TPSA) is 20.2 Å². The van der Waals surface area contributed by atoms with E-state index >= 15 is 0 Å². The molecular formula is C13H19FO. The van der Waals surface area contributed by atoms with Crippen molar-refractivity contribution in [2.45, 2.75) is 46.1 Å². The molecule has 0 atom stereocenters. The van der Waals surface area contributed by atoms with Crippen molar-refractivity contribution in [2.24, 2.45) is 0 Å². The van der Waals surface area contributed by atoms with Gasteiger partial charge in [-0.05, 0) is 55.5 Å². The van der Waals surface area contributed by atoms with Crippen LogP contribution in [0.2, 0.25) is 0 Å². The molecule has 1 rings (SSSR count). The maximum Gasteiger partial charge on any atom is 0.126 e. The smallest absolute Gasteiger partial charge is 0.126 e. The predicted molar refractivity (Wildman–Crippen MR) is 60.5 cm³/mol. The quantitative estimate of drug-likeness (QED) is 0.792. The normalized spacial score (nSPS) is 12.3. The fraction of sp³-hybridized carbons (Fsp3) is 0.538. The molecule has 0 radical (unpaired) electrons. The van der Waals surface area contributed by atoms with Crippen molar-refractivity contribution in [1.29, 1.82) is 0 Å². The van der Waals surface area contributed by atoms with E-state index in [1.165, 1.54) is 6.07 Å². The molecule has 0 bridgehead atoms. The Morgan fingerprint density at radius 3 is 2.20 bits per heavy atom. The molecule has 1 nitrogen and oxygen atoms in total. The van der Waals surface area contributed by atoms with Gasteiger partial charge in [-0.25, -0.2) is 4.39 Å². The average Bonchev–Trinajstić information content (AvgIpc) is 2.00. The molecule has 2 heteroatoms. The molecule has 0 fully saturated rings. The lowest BCUT2D eigenvalue weighted by Crippen LogP contribution is -2.18. The van der Waals surface area contributed by atoms with E-state index in [-0.39, 0.29) is 11.7 Å².